The largest absolute Gasteiger partial charge is 0.477 e. The fourth-order valence-electron chi connectivity index (χ4n) is 1.34. The maximum Gasteiger partial charge on any atom is 0.346 e. The molecule has 5 heteroatoms. The van der Waals surface area contributed by atoms with Crippen LogP contribution in [0.1, 0.15) is 15.2 Å². The number of carboxylic acids is 1. The number of hydrogen-bond acceptors (Lipinski definition) is 3. The van der Waals surface area contributed by atoms with E-state index in [2.05, 4.69) is 4.98 Å². The Morgan fingerprint density at radius 1 is 1.50 bits per heavy atom. The molecule has 0 aliphatic heterocycles. The van der Waals surface area contributed by atoms with Crippen LogP contribution in [0.15, 0.2) is 24.4 Å². The van der Waals surface area contributed by atoms with Crippen LogP contribution in [0.5, 0.6) is 0 Å². The van der Waals surface area contributed by atoms with Crippen molar-refractivity contribution in [2.45, 2.75) is 6.92 Å². The van der Waals surface area contributed by atoms with Crippen LogP contribution in [0.2, 0.25) is 5.02 Å². The molecule has 2 aromatic heterocycles. The SMILES string of the molecule is Cc1cc(-c2ccc(Cl)cn2)sc1C(=O)O. The van der Waals surface area contributed by atoms with E-state index < -0.39 is 5.97 Å². The van der Waals surface area contributed by atoms with Crippen molar-refractivity contribution in [2.75, 3.05) is 0 Å². The van der Waals surface area contributed by atoms with Crippen LogP contribution in [0, 0.1) is 6.92 Å². The first-order chi connectivity index (χ1) is 7.58. The van der Waals surface area contributed by atoms with Gasteiger partial charge in [-0.25, -0.2) is 4.79 Å². The highest BCUT2D eigenvalue weighted by atomic mass is 35.5. The van der Waals surface area contributed by atoms with E-state index in [-0.39, 0.29) is 0 Å². The van der Waals surface area contributed by atoms with Crippen molar-refractivity contribution in [3.05, 3.63) is 39.9 Å². The molecule has 16 heavy (non-hydrogen) atoms. The zero-order chi connectivity index (χ0) is 11.7. The molecule has 2 rings (SSSR count). The summed E-state index contributed by atoms with van der Waals surface area (Å²) in [5.41, 5.74) is 1.49. The summed E-state index contributed by atoms with van der Waals surface area (Å²) in [7, 11) is 0. The summed E-state index contributed by atoms with van der Waals surface area (Å²) in [4.78, 5) is 16.2. The molecule has 1 N–H and O–H groups in total. The first-order valence-electron chi connectivity index (χ1n) is 4.53. The maximum atomic E-state index is 10.9. The van der Waals surface area contributed by atoms with Crippen molar-refractivity contribution in [2.24, 2.45) is 0 Å². The molecule has 0 amide bonds. The zero-order valence-electron chi connectivity index (χ0n) is 8.40. The van der Waals surface area contributed by atoms with Gasteiger partial charge < -0.3 is 5.11 Å². The highest BCUT2D eigenvalue weighted by Gasteiger charge is 2.13. The van der Waals surface area contributed by atoms with Crippen LogP contribution in [0.3, 0.4) is 0 Å². The van der Waals surface area contributed by atoms with Crippen LogP contribution in [0.4, 0.5) is 0 Å². The van der Waals surface area contributed by atoms with Crippen LogP contribution in [0.25, 0.3) is 10.6 Å². The Hall–Kier alpha value is -1.39. The van der Waals surface area contributed by atoms with Crippen molar-refractivity contribution >= 4 is 28.9 Å². The first kappa shape index (κ1) is 11.1. The molecular formula is C11H8ClNO2S. The molecule has 0 saturated carbocycles. The van der Waals surface area contributed by atoms with Crippen LogP contribution >= 0.6 is 22.9 Å². The van der Waals surface area contributed by atoms with Gasteiger partial charge in [-0.3, -0.25) is 4.98 Å². The fraction of sp³-hybridized carbons (Fsp3) is 0.0909. The number of thiophene rings is 1. The summed E-state index contributed by atoms with van der Waals surface area (Å²) in [5, 5.41) is 9.50. The van der Waals surface area contributed by atoms with Gasteiger partial charge in [-0.05, 0) is 30.7 Å². The molecule has 0 aromatic carbocycles. The molecule has 3 nitrogen and oxygen atoms in total. The third kappa shape index (κ3) is 2.08. The van der Waals surface area contributed by atoms with Crippen molar-refractivity contribution in [3.8, 4) is 10.6 Å². The van der Waals surface area contributed by atoms with Crippen LogP contribution < -0.4 is 0 Å². The molecule has 0 radical (unpaired) electrons. The molecule has 2 heterocycles. The summed E-state index contributed by atoms with van der Waals surface area (Å²) in [6.45, 7) is 1.78. The molecule has 2 aromatic rings. The summed E-state index contributed by atoms with van der Waals surface area (Å²) in [6, 6.07) is 5.34. The van der Waals surface area contributed by atoms with Crippen molar-refractivity contribution in [3.63, 3.8) is 0 Å². The first-order valence-corrected chi connectivity index (χ1v) is 5.73. The molecule has 0 spiro atoms. The number of nitrogens with zero attached hydrogens (tertiary/aromatic N) is 1. The molecule has 0 aliphatic rings. The van der Waals surface area contributed by atoms with Crippen LogP contribution in [-0.4, -0.2) is 16.1 Å². The quantitative estimate of drug-likeness (QED) is 0.892. The summed E-state index contributed by atoms with van der Waals surface area (Å²) < 4.78 is 0. The van der Waals surface area contributed by atoms with Crippen molar-refractivity contribution in [1.29, 1.82) is 0 Å². The number of aromatic nitrogens is 1. The van der Waals surface area contributed by atoms with Gasteiger partial charge in [0.15, 0.2) is 0 Å². The summed E-state index contributed by atoms with van der Waals surface area (Å²) in [5.74, 6) is -0.900. The minimum Gasteiger partial charge on any atom is -0.477 e. The van der Waals surface area contributed by atoms with Gasteiger partial charge in [0.05, 0.1) is 15.6 Å². The molecule has 82 valence electrons. The predicted molar refractivity (Wildman–Crippen MR) is 64.3 cm³/mol. The fourth-order valence-corrected chi connectivity index (χ4v) is 2.44. The van der Waals surface area contributed by atoms with E-state index in [9.17, 15) is 4.79 Å². The molecule has 0 aliphatic carbocycles. The standard InChI is InChI=1S/C11H8ClNO2S/c1-6-4-9(16-10(6)11(14)15)8-3-2-7(12)5-13-8/h2-5H,1H3,(H,14,15). The lowest BCUT2D eigenvalue weighted by atomic mass is 10.2. The number of rotatable bonds is 2. The second-order valence-electron chi connectivity index (χ2n) is 3.29. The average Bonchev–Trinajstić information content (AvgIpc) is 2.61. The molecule has 0 bridgehead atoms. The molecule has 0 atom stereocenters. The van der Waals surface area contributed by atoms with E-state index in [0.29, 0.717) is 9.90 Å². The highest BCUT2D eigenvalue weighted by molar-refractivity contribution is 7.17. The van der Waals surface area contributed by atoms with Gasteiger partial charge in [0.2, 0.25) is 0 Å². The van der Waals surface area contributed by atoms with Gasteiger partial charge in [-0.15, -0.1) is 11.3 Å². The van der Waals surface area contributed by atoms with E-state index in [1.54, 1.807) is 25.3 Å². The lowest BCUT2D eigenvalue weighted by Gasteiger charge is -1.95. The Balaban J connectivity index is 2.45. The zero-order valence-corrected chi connectivity index (χ0v) is 9.97. The number of pyridine rings is 1. The minimum atomic E-state index is -0.900. The lowest BCUT2D eigenvalue weighted by Crippen LogP contribution is -1.93. The third-order valence-electron chi connectivity index (χ3n) is 2.09. The Bertz CT molecular complexity index is 533. The van der Waals surface area contributed by atoms with Crippen LogP contribution in [-0.2, 0) is 0 Å². The maximum absolute atomic E-state index is 10.9. The van der Waals surface area contributed by atoms with E-state index in [4.69, 9.17) is 16.7 Å². The molecule has 0 fully saturated rings. The van der Waals surface area contributed by atoms with Gasteiger partial charge >= 0.3 is 5.97 Å². The van der Waals surface area contributed by atoms with Gasteiger partial charge in [0.25, 0.3) is 0 Å². The molecule has 0 unspecified atom stereocenters. The van der Waals surface area contributed by atoms with E-state index in [1.165, 1.54) is 11.3 Å². The Morgan fingerprint density at radius 3 is 2.75 bits per heavy atom. The Labute approximate surface area is 101 Å². The minimum absolute atomic E-state index is 0.353. The molecular weight excluding hydrogens is 246 g/mol. The number of carbonyl (C=O) groups is 1. The second-order valence-corrected chi connectivity index (χ2v) is 4.78. The van der Waals surface area contributed by atoms with E-state index in [0.717, 1.165) is 16.1 Å². The van der Waals surface area contributed by atoms with Gasteiger partial charge in [0, 0.05) is 6.20 Å². The number of aromatic carboxylic acids is 1. The summed E-state index contributed by atoms with van der Waals surface area (Å²) in [6.07, 6.45) is 1.55. The monoisotopic (exact) mass is 253 g/mol. The van der Waals surface area contributed by atoms with Gasteiger partial charge in [-0.1, -0.05) is 11.6 Å². The lowest BCUT2D eigenvalue weighted by molar-refractivity contribution is 0.0701. The van der Waals surface area contributed by atoms with Crippen molar-refractivity contribution in [1.82, 2.24) is 4.98 Å². The van der Waals surface area contributed by atoms with Gasteiger partial charge in [0.1, 0.15) is 4.88 Å². The molecule has 0 saturated heterocycles. The Morgan fingerprint density at radius 2 is 2.25 bits per heavy atom. The number of carboxylic acid groups (broad SMARTS) is 1. The normalized spacial score (nSPS) is 10.4. The summed E-state index contributed by atoms with van der Waals surface area (Å²) >= 11 is 6.95. The number of halogens is 1. The second kappa shape index (κ2) is 4.23. The highest BCUT2D eigenvalue weighted by Crippen LogP contribution is 2.30. The third-order valence-corrected chi connectivity index (χ3v) is 3.56. The Kier molecular flexibility index (Phi) is 2.94. The predicted octanol–water partition coefficient (Wildman–Crippen LogP) is 3.47. The smallest absolute Gasteiger partial charge is 0.346 e. The number of aryl methyl sites for hydroxylation is 1. The van der Waals surface area contributed by atoms with E-state index in [1.807, 2.05) is 6.07 Å². The van der Waals surface area contributed by atoms with Gasteiger partial charge in [-0.2, -0.15) is 0 Å². The number of hydrogen-bond donors (Lipinski definition) is 1. The average molecular weight is 254 g/mol. The van der Waals surface area contributed by atoms with E-state index >= 15 is 0 Å². The van der Waals surface area contributed by atoms with Crippen molar-refractivity contribution < 1.29 is 9.90 Å². The topological polar surface area (TPSA) is 50.2 Å².